The molecule has 0 aliphatic heterocycles. The van der Waals surface area contributed by atoms with E-state index in [2.05, 4.69) is 15.9 Å². The van der Waals surface area contributed by atoms with Crippen LogP contribution in [0.15, 0.2) is 82.9 Å². The fourth-order valence-electron chi connectivity index (χ4n) is 4.07. The second-order valence-electron chi connectivity index (χ2n) is 9.20. The maximum Gasteiger partial charge on any atom is 0.251 e. The summed E-state index contributed by atoms with van der Waals surface area (Å²) >= 11 is 3.19. The van der Waals surface area contributed by atoms with Crippen molar-refractivity contribution >= 4 is 42.6 Å². The lowest BCUT2D eigenvalue weighted by molar-refractivity contribution is 0.102. The Morgan fingerprint density at radius 3 is 2.49 bits per heavy atom. The van der Waals surface area contributed by atoms with E-state index in [1.165, 1.54) is 25.3 Å². The van der Waals surface area contributed by atoms with Crippen LogP contribution in [0.4, 0.5) is 8.78 Å². The summed E-state index contributed by atoms with van der Waals surface area (Å²) < 4.78 is 61.8. The average Bonchev–Trinajstić information content (AvgIpc) is 3.26. The SMILES string of the molecule is C/C(=C\N(C)C)C(=O)c1cc(Oc2ccc3c(ccn3S(=O)(=O)C3(C)CC=C(Br)C=C3F)c2)ccc1F. The van der Waals surface area contributed by atoms with Crippen molar-refractivity contribution in [2.75, 3.05) is 14.1 Å². The first-order valence-electron chi connectivity index (χ1n) is 11.3. The molecule has 1 aromatic heterocycles. The summed E-state index contributed by atoms with van der Waals surface area (Å²) in [6.45, 7) is 2.96. The van der Waals surface area contributed by atoms with E-state index in [4.69, 9.17) is 4.74 Å². The molecule has 6 nitrogen and oxygen atoms in total. The van der Waals surface area contributed by atoms with Crippen LogP contribution in [0.3, 0.4) is 0 Å². The van der Waals surface area contributed by atoms with Crippen LogP contribution in [0.5, 0.6) is 11.5 Å². The van der Waals surface area contributed by atoms with Crippen molar-refractivity contribution in [1.29, 1.82) is 0 Å². The Labute approximate surface area is 222 Å². The van der Waals surface area contributed by atoms with Gasteiger partial charge < -0.3 is 9.64 Å². The molecule has 1 heterocycles. The number of hydrogen-bond donors (Lipinski definition) is 0. The molecule has 0 amide bonds. The third kappa shape index (κ3) is 5.00. The van der Waals surface area contributed by atoms with E-state index in [1.54, 1.807) is 62.5 Å². The third-order valence-corrected chi connectivity index (χ3v) is 9.03. The highest BCUT2D eigenvalue weighted by molar-refractivity contribution is 9.11. The maximum atomic E-state index is 14.8. The second-order valence-corrected chi connectivity index (χ2v) is 12.4. The minimum absolute atomic E-state index is 0.0199. The predicted molar refractivity (Wildman–Crippen MR) is 144 cm³/mol. The lowest BCUT2D eigenvalue weighted by Crippen LogP contribution is -2.40. The van der Waals surface area contributed by atoms with Crippen LogP contribution >= 0.6 is 15.9 Å². The number of aromatic nitrogens is 1. The summed E-state index contributed by atoms with van der Waals surface area (Å²) in [5.41, 5.74) is 0.600. The van der Waals surface area contributed by atoms with Gasteiger partial charge in [0.25, 0.3) is 10.0 Å². The quantitative estimate of drug-likeness (QED) is 0.226. The van der Waals surface area contributed by atoms with Crippen LogP contribution in [-0.2, 0) is 10.0 Å². The molecule has 0 fully saturated rings. The normalized spacial score (nSPS) is 18.4. The Morgan fingerprint density at radius 1 is 1.14 bits per heavy atom. The van der Waals surface area contributed by atoms with E-state index in [9.17, 15) is 22.0 Å². The number of benzene rings is 2. The summed E-state index contributed by atoms with van der Waals surface area (Å²) in [7, 11) is -0.619. The second kappa shape index (κ2) is 9.90. The lowest BCUT2D eigenvalue weighted by Gasteiger charge is -2.29. The molecular weight excluding hydrogens is 566 g/mol. The predicted octanol–water partition coefficient (Wildman–Crippen LogP) is 6.69. The van der Waals surface area contributed by atoms with Gasteiger partial charge in [-0.15, -0.1) is 0 Å². The molecule has 4 rings (SSSR count). The van der Waals surface area contributed by atoms with Crippen LogP contribution in [0.1, 0.15) is 30.6 Å². The topological polar surface area (TPSA) is 68.6 Å². The molecule has 1 aliphatic carbocycles. The molecular formula is C27H25BrF2N2O4S. The summed E-state index contributed by atoms with van der Waals surface area (Å²) in [5.74, 6) is -1.28. The number of halogens is 3. The smallest absolute Gasteiger partial charge is 0.251 e. The molecule has 3 aromatic rings. The van der Waals surface area contributed by atoms with Gasteiger partial charge in [-0.2, -0.15) is 0 Å². The van der Waals surface area contributed by atoms with Gasteiger partial charge >= 0.3 is 0 Å². The van der Waals surface area contributed by atoms with E-state index >= 15 is 0 Å². The van der Waals surface area contributed by atoms with Crippen molar-refractivity contribution in [3.8, 4) is 11.5 Å². The van der Waals surface area contributed by atoms with Gasteiger partial charge in [-0.3, -0.25) is 4.79 Å². The standard InChI is InChI=1S/C27H25BrF2N2O4S/c1-17(16-31(3)4)26(33)22-15-21(5-7-23(22)29)36-20-6-8-24-18(13-20)10-12-32(24)37(34,35)27(2)11-9-19(28)14-25(27)30/h5-10,12-16H,11H2,1-4H3/b17-16+. The van der Waals surface area contributed by atoms with E-state index < -0.39 is 32.2 Å². The van der Waals surface area contributed by atoms with E-state index in [1.807, 2.05) is 0 Å². The van der Waals surface area contributed by atoms with Crippen molar-refractivity contribution in [2.24, 2.45) is 0 Å². The van der Waals surface area contributed by atoms with Crippen molar-refractivity contribution in [3.05, 3.63) is 94.3 Å². The third-order valence-electron chi connectivity index (χ3n) is 6.14. The summed E-state index contributed by atoms with van der Waals surface area (Å²) in [6.07, 6.45) is 5.75. The molecule has 37 heavy (non-hydrogen) atoms. The van der Waals surface area contributed by atoms with Gasteiger partial charge in [-0.05, 0) is 68.8 Å². The number of ether oxygens (including phenoxy) is 1. The Morgan fingerprint density at radius 2 is 1.81 bits per heavy atom. The molecule has 1 unspecified atom stereocenters. The summed E-state index contributed by atoms with van der Waals surface area (Å²) in [6, 6.07) is 10.2. The van der Waals surface area contributed by atoms with E-state index in [0.717, 1.165) is 16.1 Å². The molecule has 2 aromatic carbocycles. The van der Waals surface area contributed by atoms with Crippen molar-refractivity contribution < 1.29 is 26.7 Å². The van der Waals surface area contributed by atoms with Crippen LogP contribution < -0.4 is 4.74 Å². The molecule has 0 N–H and O–H groups in total. The number of ketones is 1. The fourth-order valence-corrected chi connectivity index (χ4v) is 6.12. The van der Waals surface area contributed by atoms with Gasteiger partial charge in [0.05, 0.1) is 11.1 Å². The minimum Gasteiger partial charge on any atom is -0.457 e. The average molecular weight is 591 g/mol. The van der Waals surface area contributed by atoms with Gasteiger partial charge in [0.1, 0.15) is 27.9 Å². The van der Waals surface area contributed by atoms with Gasteiger partial charge in [-0.25, -0.2) is 21.2 Å². The monoisotopic (exact) mass is 590 g/mol. The van der Waals surface area contributed by atoms with Gasteiger partial charge in [-0.1, -0.05) is 22.0 Å². The first-order valence-corrected chi connectivity index (χ1v) is 13.5. The first-order chi connectivity index (χ1) is 17.3. The maximum absolute atomic E-state index is 14.8. The Hall–Kier alpha value is -3.24. The van der Waals surface area contributed by atoms with Crippen LogP contribution in [0, 0.1) is 5.82 Å². The molecule has 0 saturated carbocycles. The highest BCUT2D eigenvalue weighted by Gasteiger charge is 2.45. The van der Waals surface area contributed by atoms with Gasteiger partial charge in [0.15, 0.2) is 5.78 Å². The number of Topliss-reactive ketones (excluding diaryl/α,β-unsaturated/α-hetero) is 1. The number of nitrogens with zero attached hydrogens (tertiary/aromatic N) is 2. The zero-order chi connectivity index (χ0) is 27.1. The van der Waals surface area contributed by atoms with Crippen LogP contribution in [0.25, 0.3) is 10.9 Å². The first kappa shape index (κ1) is 26.8. The van der Waals surface area contributed by atoms with E-state index in [-0.39, 0.29) is 17.7 Å². The minimum atomic E-state index is -4.15. The van der Waals surface area contributed by atoms with E-state index in [0.29, 0.717) is 26.7 Å². The highest BCUT2D eigenvalue weighted by atomic mass is 79.9. The number of carbonyl (C=O) groups is 1. The van der Waals surface area contributed by atoms with Crippen molar-refractivity contribution in [2.45, 2.75) is 25.0 Å². The number of allylic oxidation sites excluding steroid dienone is 4. The number of hydrogen-bond acceptors (Lipinski definition) is 5. The Balaban J connectivity index is 1.64. The lowest BCUT2D eigenvalue weighted by atomic mass is 10.0. The number of fused-ring (bicyclic) bond motifs is 1. The molecule has 1 atom stereocenters. The molecule has 1 aliphatic rings. The summed E-state index contributed by atoms with van der Waals surface area (Å²) in [5, 5.41) is 0.546. The van der Waals surface area contributed by atoms with Crippen molar-refractivity contribution in [3.63, 3.8) is 0 Å². The zero-order valence-electron chi connectivity index (χ0n) is 20.6. The molecule has 10 heteroatoms. The Bertz CT molecular complexity index is 1610. The highest BCUT2D eigenvalue weighted by Crippen LogP contribution is 2.40. The zero-order valence-corrected chi connectivity index (χ0v) is 23.0. The molecule has 0 radical (unpaired) electrons. The van der Waals surface area contributed by atoms with Crippen molar-refractivity contribution in [1.82, 2.24) is 8.87 Å². The van der Waals surface area contributed by atoms with Gasteiger partial charge in [0.2, 0.25) is 0 Å². The Kier molecular flexibility index (Phi) is 7.18. The van der Waals surface area contributed by atoms with Crippen LogP contribution in [-0.4, -0.2) is 41.9 Å². The summed E-state index contributed by atoms with van der Waals surface area (Å²) in [4.78, 5) is 14.4. The fraction of sp³-hybridized carbons (Fsp3) is 0.222. The molecule has 0 spiro atoms. The number of carbonyl (C=O) groups excluding carboxylic acids is 1. The molecule has 194 valence electrons. The molecule has 0 saturated heterocycles. The largest absolute Gasteiger partial charge is 0.457 e. The van der Waals surface area contributed by atoms with Gasteiger partial charge in [0, 0.05) is 41.9 Å². The molecule has 0 bridgehead atoms. The van der Waals surface area contributed by atoms with Crippen LogP contribution in [0.2, 0.25) is 0 Å². The number of rotatable bonds is 7.